The van der Waals surface area contributed by atoms with Gasteiger partial charge in [0.05, 0.1) is 34.7 Å². The highest BCUT2D eigenvalue weighted by Crippen LogP contribution is 2.62. The Morgan fingerprint density at radius 3 is 2.39 bits per heavy atom. The van der Waals surface area contributed by atoms with E-state index in [-0.39, 0.29) is 61.2 Å². The largest absolute Gasteiger partial charge is 0.460 e. The van der Waals surface area contributed by atoms with Crippen LogP contribution in [0.5, 0.6) is 17.2 Å². The average Bonchev–Trinajstić information content (AvgIpc) is 3.36. The molecule has 358 valence electrons. The molecule has 6 atom stereocenters. The second-order valence-electron chi connectivity index (χ2n) is 17.9. The monoisotopic (exact) mass is 952 g/mol. The van der Waals surface area contributed by atoms with Crippen molar-refractivity contribution in [3.05, 3.63) is 167 Å². The predicted molar refractivity (Wildman–Crippen MR) is 264 cm³/mol. The molecule has 69 heavy (non-hydrogen) atoms. The van der Waals surface area contributed by atoms with E-state index in [1.54, 1.807) is 49.7 Å². The molecule has 0 bridgehead atoms. The number of aliphatic hydroxyl groups excluding tert-OH is 2. The average molecular weight is 953 g/mol. The lowest BCUT2D eigenvalue weighted by Gasteiger charge is -2.59. The van der Waals surface area contributed by atoms with Crippen molar-refractivity contribution in [2.75, 3.05) is 26.9 Å². The van der Waals surface area contributed by atoms with Crippen molar-refractivity contribution in [2.45, 2.75) is 74.2 Å². The molecule has 2 aliphatic carbocycles. The number of hydrogen-bond acceptors (Lipinski definition) is 12. The van der Waals surface area contributed by atoms with E-state index >= 15 is 8.42 Å². The van der Waals surface area contributed by atoms with Gasteiger partial charge in [0.1, 0.15) is 28.8 Å². The van der Waals surface area contributed by atoms with Crippen LogP contribution in [0.2, 0.25) is 0 Å². The number of nitrogens with zero attached hydrogens (tertiary/aromatic N) is 4. The normalized spacial score (nSPS) is 22.4. The summed E-state index contributed by atoms with van der Waals surface area (Å²) in [5.41, 5.74) is 3.08. The molecule has 3 aliphatic rings. The predicted octanol–water partition coefficient (Wildman–Crippen LogP) is 10.2. The van der Waals surface area contributed by atoms with Crippen LogP contribution in [0, 0.1) is 27.9 Å². The van der Waals surface area contributed by atoms with Gasteiger partial charge < -0.3 is 29.3 Å². The molecule has 1 fully saturated rings. The van der Waals surface area contributed by atoms with Crippen LogP contribution < -0.4 is 9.47 Å². The number of fused-ring (bicyclic) bond motifs is 4. The lowest BCUT2D eigenvalue weighted by atomic mass is 9.55. The molecule has 6 aromatic rings. The topological polar surface area (TPSA) is 183 Å². The number of oxime groups is 1. The molecule has 15 heteroatoms. The first-order chi connectivity index (χ1) is 33.6. The van der Waals surface area contributed by atoms with Crippen LogP contribution in [0.3, 0.4) is 0 Å². The maximum atomic E-state index is 15.3. The van der Waals surface area contributed by atoms with E-state index in [2.05, 4.69) is 23.7 Å². The smallest absolute Gasteiger partial charge is 0.269 e. The van der Waals surface area contributed by atoms with Crippen LogP contribution in [0.25, 0.3) is 21.7 Å². The first kappa shape index (κ1) is 47.6. The summed E-state index contributed by atoms with van der Waals surface area (Å²) in [6, 6.07) is 33.5. The Hall–Kier alpha value is -6.49. The molecular weight excluding hydrogens is 897 g/mol. The standard InChI is InChI=1S/C54H56N4O10S/c1-3-30-65-54-50(57(2)69(63,64)49-18-10-15-38-16-11-27-55-53(38)49)34-47(56-66-35-36-19-22-41(23-20-36)58(61)62)45-32-40(14-6-8-28-59)44(17-7-9-29-60)51(52(45)54)46-33-43(25-26-48(46)68-54)67-42-24-21-37-12-4-5-13-39(37)31-42/h3-5,10-13,15-16,18-27,31-33,40,44,50-52,59-60H,1,6-9,14,17,28-30,34-35H2,2H3. The molecule has 1 aliphatic heterocycles. The Bertz CT molecular complexity index is 3010. The van der Waals surface area contributed by atoms with Gasteiger partial charge >= 0.3 is 0 Å². The lowest BCUT2D eigenvalue weighted by Crippen LogP contribution is -2.69. The van der Waals surface area contributed by atoms with Gasteiger partial charge in [-0.2, -0.15) is 4.31 Å². The van der Waals surface area contributed by atoms with Gasteiger partial charge in [-0.25, -0.2) is 8.42 Å². The Morgan fingerprint density at radius 2 is 1.62 bits per heavy atom. The first-order valence-corrected chi connectivity index (χ1v) is 24.9. The highest BCUT2D eigenvalue weighted by Gasteiger charge is 2.65. The van der Waals surface area contributed by atoms with E-state index < -0.39 is 32.7 Å². The number of ether oxygens (including phenoxy) is 3. The molecular formula is C54H56N4O10S. The van der Waals surface area contributed by atoms with E-state index in [9.17, 15) is 20.3 Å². The van der Waals surface area contributed by atoms with E-state index in [0.717, 1.165) is 41.2 Å². The number of pyridine rings is 1. The quantitative estimate of drug-likeness (QED) is 0.0321. The van der Waals surface area contributed by atoms with E-state index in [0.29, 0.717) is 58.7 Å². The van der Waals surface area contributed by atoms with Crippen LogP contribution in [-0.2, 0) is 26.2 Å². The van der Waals surface area contributed by atoms with Crippen molar-refractivity contribution in [1.82, 2.24) is 9.29 Å². The highest BCUT2D eigenvalue weighted by molar-refractivity contribution is 7.89. The highest BCUT2D eigenvalue weighted by atomic mass is 32.2. The molecule has 1 saturated carbocycles. The fourth-order valence-corrected chi connectivity index (χ4v) is 12.2. The number of sulfonamides is 1. The molecule has 1 aromatic heterocycles. The van der Waals surface area contributed by atoms with Crippen molar-refractivity contribution in [3.8, 4) is 17.2 Å². The Morgan fingerprint density at radius 1 is 0.899 bits per heavy atom. The number of unbranched alkanes of at least 4 members (excludes halogenated alkanes) is 2. The Kier molecular flexibility index (Phi) is 14.2. The van der Waals surface area contributed by atoms with Crippen molar-refractivity contribution < 1.29 is 42.6 Å². The number of aliphatic hydroxyl groups is 2. The summed E-state index contributed by atoms with van der Waals surface area (Å²) in [5, 5.41) is 39.1. The van der Waals surface area contributed by atoms with Gasteiger partial charge in [0.15, 0.2) is 0 Å². The summed E-state index contributed by atoms with van der Waals surface area (Å²) < 4.78 is 52.9. The minimum Gasteiger partial charge on any atom is -0.460 e. The van der Waals surface area contributed by atoms with Crippen LogP contribution in [0.15, 0.2) is 156 Å². The summed E-state index contributed by atoms with van der Waals surface area (Å²) in [6.45, 7) is 4.10. The number of nitro groups is 1. The number of nitro benzene ring substituents is 1. The lowest BCUT2D eigenvalue weighted by molar-refractivity contribution is -0.384. The minimum absolute atomic E-state index is 0.0113. The van der Waals surface area contributed by atoms with Crippen molar-refractivity contribution >= 4 is 43.1 Å². The summed E-state index contributed by atoms with van der Waals surface area (Å²) >= 11 is 0. The second-order valence-corrected chi connectivity index (χ2v) is 19.9. The van der Waals surface area contributed by atoms with Gasteiger partial charge in [-0.05, 0) is 114 Å². The fourth-order valence-electron chi connectivity index (χ4n) is 10.6. The maximum Gasteiger partial charge on any atom is 0.269 e. The van der Waals surface area contributed by atoms with Gasteiger partial charge in [0.2, 0.25) is 15.8 Å². The van der Waals surface area contributed by atoms with E-state index in [1.165, 1.54) is 16.4 Å². The molecule has 9 rings (SSSR count). The SMILES string of the molecule is C=CCOC12Oc3ccc(Oc4ccc5ccccc5c4)cc3C3C(CCCCO)C(CCCCO)C=C(C(=NOCc4ccc([N+](=O)[O-])cc4)CC1N(C)S(=O)(=O)c1cccc4cccnc14)C32. The fraction of sp³-hybridized carbons (Fsp3) is 0.333. The van der Waals surface area contributed by atoms with Crippen LogP contribution in [0.1, 0.15) is 62.0 Å². The third-order valence-electron chi connectivity index (χ3n) is 13.8. The molecule has 5 aromatic carbocycles. The number of non-ortho nitro benzene ring substituents is 1. The third kappa shape index (κ3) is 9.49. The number of benzene rings is 5. The van der Waals surface area contributed by atoms with E-state index in [1.807, 2.05) is 66.7 Å². The molecule has 14 nitrogen and oxygen atoms in total. The number of likely N-dealkylation sites (N-methyl/N-ethyl adjacent to an activating group) is 1. The molecule has 0 radical (unpaired) electrons. The number of allylic oxidation sites excluding steroid dienone is 1. The first-order valence-electron chi connectivity index (χ1n) is 23.5. The van der Waals surface area contributed by atoms with Gasteiger partial charge in [-0.1, -0.05) is 78.7 Å². The summed E-state index contributed by atoms with van der Waals surface area (Å²) in [7, 11) is -2.81. The third-order valence-corrected chi connectivity index (χ3v) is 15.7. The molecule has 0 saturated heterocycles. The van der Waals surface area contributed by atoms with Gasteiger partial charge in [0, 0.05) is 61.9 Å². The number of para-hydroxylation sites is 1. The van der Waals surface area contributed by atoms with Crippen molar-refractivity contribution in [2.24, 2.45) is 22.9 Å². The van der Waals surface area contributed by atoms with Crippen molar-refractivity contribution in [3.63, 3.8) is 0 Å². The van der Waals surface area contributed by atoms with E-state index in [4.69, 9.17) is 24.2 Å². The summed E-state index contributed by atoms with van der Waals surface area (Å²) in [6.07, 6.45) is 9.56. The zero-order valence-electron chi connectivity index (χ0n) is 38.4. The molecule has 2 N–H and O–H groups in total. The molecule has 6 unspecified atom stereocenters. The second kappa shape index (κ2) is 20.6. The molecule has 2 heterocycles. The molecule has 0 spiro atoms. The number of rotatable bonds is 20. The Labute approximate surface area is 401 Å². The maximum absolute atomic E-state index is 15.3. The molecule has 0 amide bonds. The minimum atomic E-state index is -4.35. The number of aromatic nitrogens is 1. The number of hydrogen-bond donors (Lipinski definition) is 2. The van der Waals surface area contributed by atoms with Gasteiger partial charge in [0.25, 0.3) is 5.69 Å². The zero-order chi connectivity index (χ0) is 48.1. The van der Waals surface area contributed by atoms with Crippen LogP contribution in [-0.4, -0.2) is 77.3 Å². The van der Waals surface area contributed by atoms with Crippen LogP contribution in [0.4, 0.5) is 5.69 Å². The van der Waals surface area contributed by atoms with Crippen molar-refractivity contribution in [1.29, 1.82) is 0 Å². The summed E-state index contributed by atoms with van der Waals surface area (Å²) in [5.74, 6) is -1.03. The zero-order valence-corrected chi connectivity index (χ0v) is 39.2. The van der Waals surface area contributed by atoms with Crippen LogP contribution >= 0.6 is 0 Å². The van der Waals surface area contributed by atoms with Gasteiger partial charge in [-0.3, -0.25) is 15.1 Å². The summed E-state index contributed by atoms with van der Waals surface area (Å²) in [4.78, 5) is 21.6. The van der Waals surface area contributed by atoms with Gasteiger partial charge in [-0.15, -0.1) is 6.58 Å². The Balaban J connectivity index is 1.23.